The molecule has 0 heterocycles. The van der Waals surface area contributed by atoms with Crippen LogP contribution in [0.3, 0.4) is 0 Å². The zero-order valence-corrected chi connectivity index (χ0v) is 17.1. The number of rotatable bonds is 3. The second-order valence-corrected chi connectivity index (χ2v) is 9.20. The van der Waals surface area contributed by atoms with Crippen LogP contribution in [-0.2, 0) is 0 Å². The summed E-state index contributed by atoms with van der Waals surface area (Å²) in [7, 11) is 4.49. The summed E-state index contributed by atoms with van der Waals surface area (Å²) < 4.78 is 0. The summed E-state index contributed by atoms with van der Waals surface area (Å²) in [6.07, 6.45) is 14.1. The summed E-state index contributed by atoms with van der Waals surface area (Å²) in [5.74, 6) is 0.867. The van der Waals surface area contributed by atoms with Gasteiger partial charge >= 0.3 is 0 Å². The SMILES string of the molecule is [Si]C(C1C=Cc2ccccc21)(C1C=Cc2ccccc21)C1C=Cc2ccccc21. The number of hydrogen-bond donors (Lipinski definition) is 0. The third-order valence-corrected chi connectivity index (χ3v) is 7.87. The minimum atomic E-state index is -0.185. The van der Waals surface area contributed by atoms with Crippen molar-refractivity contribution >= 4 is 28.5 Å². The van der Waals surface area contributed by atoms with E-state index in [-0.39, 0.29) is 22.8 Å². The Morgan fingerprint density at radius 3 is 1.14 bits per heavy atom. The highest BCUT2D eigenvalue weighted by atomic mass is 28.1. The maximum Gasteiger partial charge on any atom is 0.0351 e. The first-order valence-corrected chi connectivity index (χ1v) is 10.8. The van der Waals surface area contributed by atoms with E-state index in [1.807, 2.05) is 0 Å². The van der Waals surface area contributed by atoms with E-state index in [4.69, 9.17) is 0 Å². The van der Waals surface area contributed by atoms with Crippen LogP contribution in [0.1, 0.15) is 51.1 Å². The van der Waals surface area contributed by atoms with Crippen LogP contribution in [0.2, 0.25) is 5.04 Å². The molecule has 3 aromatic carbocycles. The van der Waals surface area contributed by atoms with Crippen LogP contribution in [-0.4, -0.2) is 10.2 Å². The molecule has 0 saturated heterocycles. The minimum absolute atomic E-state index is 0.185. The van der Waals surface area contributed by atoms with Gasteiger partial charge in [0.15, 0.2) is 0 Å². The van der Waals surface area contributed by atoms with Gasteiger partial charge in [-0.25, -0.2) is 0 Å². The van der Waals surface area contributed by atoms with Crippen LogP contribution in [0.4, 0.5) is 0 Å². The highest BCUT2D eigenvalue weighted by Gasteiger charge is 2.50. The molecule has 0 aliphatic heterocycles. The number of fused-ring (bicyclic) bond motifs is 3. The smallest absolute Gasteiger partial charge is 0.0351 e. The molecule has 3 unspecified atom stereocenters. The number of benzene rings is 3. The Hall–Kier alpha value is -2.90. The van der Waals surface area contributed by atoms with Crippen LogP contribution in [0, 0.1) is 0 Å². The molecule has 0 N–H and O–H groups in total. The first-order chi connectivity index (χ1) is 14.3. The summed E-state index contributed by atoms with van der Waals surface area (Å²) in [6.45, 7) is 0. The average Bonchev–Trinajstić information content (AvgIpc) is 3.49. The molecule has 3 aliphatic carbocycles. The molecular weight excluding hydrogens is 364 g/mol. The zero-order chi connectivity index (χ0) is 19.4. The molecule has 3 radical (unpaired) electrons. The zero-order valence-electron chi connectivity index (χ0n) is 16.1. The lowest BCUT2D eigenvalue weighted by atomic mass is 9.67. The molecule has 0 fully saturated rings. The van der Waals surface area contributed by atoms with E-state index in [0.717, 1.165) is 0 Å². The first kappa shape index (κ1) is 17.0. The van der Waals surface area contributed by atoms with Gasteiger partial charge in [0, 0.05) is 28.0 Å². The molecule has 3 aromatic rings. The van der Waals surface area contributed by atoms with Gasteiger partial charge in [-0.1, -0.05) is 109 Å². The highest BCUT2D eigenvalue weighted by Crippen LogP contribution is 2.65. The quantitative estimate of drug-likeness (QED) is 0.438. The third-order valence-electron chi connectivity index (χ3n) is 6.94. The van der Waals surface area contributed by atoms with Crippen LogP contribution in [0.25, 0.3) is 18.2 Å². The molecular formula is C28H21Si. The molecule has 1 heteroatoms. The van der Waals surface area contributed by atoms with Gasteiger partial charge in [0.2, 0.25) is 0 Å². The van der Waals surface area contributed by atoms with Crippen LogP contribution >= 0.6 is 0 Å². The van der Waals surface area contributed by atoms with Gasteiger partial charge < -0.3 is 0 Å². The predicted molar refractivity (Wildman–Crippen MR) is 123 cm³/mol. The first-order valence-electron chi connectivity index (χ1n) is 10.3. The average molecular weight is 386 g/mol. The van der Waals surface area contributed by atoms with Crippen molar-refractivity contribution in [1.29, 1.82) is 0 Å². The lowest BCUT2D eigenvalue weighted by molar-refractivity contribution is 0.427. The monoisotopic (exact) mass is 385 g/mol. The number of hydrogen-bond acceptors (Lipinski definition) is 0. The van der Waals surface area contributed by atoms with Crippen molar-refractivity contribution in [3.63, 3.8) is 0 Å². The summed E-state index contributed by atoms with van der Waals surface area (Å²) in [5.41, 5.74) is 8.26. The molecule has 0 aromatic heterocycles. The summed E-state index contributed by atoms with van der Waals surface area (Å²) >= 11 is 0. The maximum absolute atomic E-state index is 4.49. The molecule has 3 atom stereocenters. The Balaban J connectivity index is 1.57. The molecule has 29 heavy (non-hydrogen) atoms. The molecule has 6 rings (SSSR count). The van der Waals surface area contributed by atoms with E-state index in [9.17, 15) is 0 Å². The molecule has 0 saturated carbocycles. The summed E-state index contributed by atoms with van der Waals surface area (Å²) in [6, 6.07) is 26.5. The maximum atomic E-state index is 4.49. The Morgan fingerprint density at radius 2 is 0.793 bits per heavy atom. The van der Waals surface area contributed by atoms with Gasteiger partial charge in [0.05, 0.1) is 0 Å². The van der Waals surface area contributed by atoms with Crippen molar-refractivity contribution in [3.05, 3.63) is 124 Å². The van der Waals surface area contributed by atoms with Crippen molar-refractivity contribution in [3.8, 4) is 0 Å². The van der Waals surface area contributed by atoms with Crippen LogP contribution < -0.4 is 0 Å². The van der Waals surface area contributed by atoms with Crippen molar-refractivity contribution in [2.24, 2.45) is 0 Å². The van der Waals surface area contributed by atoms with E-state index >= 15 is 0 Å². The minimum Gasteiger partial charge on any atom is -0.0761 e. The van der Waals surface area contributed by atoms with E-state index in [1.165, 1.54) is 33.4 Å². The Bertz CT molecular complexity index is 1050. The van der Waals surface area contributed by atoms with E-state index in [2.05, 4.69) is 119 Å². The Labute approximate surface area is 175 Å². The molecule has 137 valence electrons. The van der Waals surface area contributed by atoms with Crippen molar-refractivity contribution in [2.75, 3.05) is 0 Å². The fourth-order valence-corrected chi connectivity index (χ4v) is 6.33. The van der Waals surface area contributed by atoms with Crippen molar-refractivity contribution in [2.45, 2.75) is 22.8 Å². The fourth-order valence-electron chi connectivity index (χ4n) is 5.58. The van der Waals surface area contributed by atoms with Gasteiger partial charge in [0.25, 0.3) is 0 Å². The molecule has 0 nitrogen and oxygen atoms in total. The summed E-state index contributed by atoms with van der Waals surface area (Å²) in [5, 5.41) is -0.185. The van der Waals surface area contributed by atoms with Crippen LogP contribution in [0.5, 0.6) is 0 Å². The molecule has 0 amide bonds. The van der Waals surface area contributed by atoms with Crippen molar-refractivity contribution < 1.29 is 0 Å². The van der Waals surface area contributed by atoms with Crippen LogP contribution in [0.15, 0.2) is 91.0 Å². The lowest BCUT2D eigenvalue weighted by Crippen LogP contribution is -2.32. The van der Waals surface area contributed by atoms with E-state index < -0.39 is 0 Å². The van der Waals surface area contributed by atoms with Crippen molar-refractivity contribution in [1.82, 2.24) is 0 Å². The largest absolute Gasteiger partial charge is 0.0761 e. The van der Waals surface area contributed by atoms with Gasteiger partial charge in [-0.05, 0) is 38.4 Å². The van der Waals surface area contributed by atoms with E-state index in [1.54, 1.807) is 0 Å². The van der Waals surface area contributed by atoms with E-state index in [0.29, 0.717) is 0 Å². The summed E-state index contributed by atoms with van der Waals surface area (Å²) in [4.78, 5) is 0. The van der Waals surface area contributed by atoms with Gasteiger partial charge in [-0.15, -0.1) is 0 Å². The number of allylic oxidation sites excluding steroid dienone is 3. The van der Waals surface area contributed by atoms with Gasteiger partial charge in [0.1, 0.15) is 0 Å². The Morgan fingerprint density at radius 1 is 0.483 bits per heavy atom. The van der Waals surface area contributed by atoms with Gasteiger partial charge in [-0.2, -0.15) is 0 Å². The highest BCUT2D eigenvalue weighted by molar-refractivity contribution is 6.19. The second kappa shape index (κ2) is 6.30. The van der Waals surface area contributed by atoms with Gasteiger partial charge in [-0.3, -0.25) is 0 Å². The molecule has 0 bridgehead atoms. The lowest BCUT2D eigenvalue weighted by Gasteiger charge is -2.45. The predicted octanol–water partition coefficient (Wildman–Crippen LogP) is 6.75. The third kappa shape index (κ3) is 2.37. The normalized spacial score (nSPS) is 24.9. The molecule has 3 aliphatic rings. The Kier molecular flexibility index (Phi) is 3.69. The standard InChI is InChI=1S/C28H21Si/c29-28(25-16-13-19-7-1-4-10-22(19)25,26-17-14-20-8-2-5-11-23(20)26)27-18-15-21-9-3-6-12-24(21)27/h1-18,25-27H. The second-order valence-electron chi connectivity index (χ2n) is 8.33. The molecule has 0 spiro atoms. The topological polar surface area (TPSA) is 0 Å². The fraction of sp³-hybridized carbons (Fsp3) is 0.143.